The number of pyridine rings is 1. The van der Waals surface area contributed by atoms with Gasteiger partial charge in [-0.25, -0.2) is 0 Å². The van der Waals surface area contributed by atoms with Crippen molar-refractivity contribution >= 4 is 16.7 Å². The summed E-state index contributed by atoms with van der Waals surface area (Å²) >= 11 is 0. The number of carbonyl (C=O) groups is 1. The average Bonchev–Trinajstić information content (AvgIpc) is 2.38. The fourth-order valence-corrected chi connectivity index (χ4v) is 1.80. The van der Waals surface area contributed by atoms with Gasteiger partial charge in [-0.3, -0.25) is 9.78 Å². The van der Waals surface area contributed by atoms with Gasteiger partial charge in [-0.15, -0.1) is 0 Å². The van der Waals surface area contributed by atoms with E-state index in [2.05, 4.69) is 11.9 Å². The number of ketones is 1. The first-order valence-electron chi connectivity index (χ1n) is 5.85. The summed E-state index contributed by atoms with van der Waals surface area (Å²) in [5.41, 5.74) is 1.51. The van der Waals surface area contributed by atoms with Gasteiger partial charge in [0.2, 0.25) is 0 Å². The normalized spacial score (nSPS) is 11.1. The van der Waals surface area contributed by atoms with Crippen molar-refractivity contribution in [2.24, 2.45) is 0 Å². The van der Waals surface area contributed by atoms with E-state index in [-0.39, 0.29) is 5.78 Å². The maximum absolute atomic E-state index is 12.0. The molecule has 0 unspecified atom stereocenters. The van der Waals surface area contributed by atoms with Gasteiger partial charge >= 0.3 is 0 Å². The summed E-state index contributed by atoms with van der Waals surface area (Å²) in [7, 11) is 0. The molecule has 86 valence electrons. The molecule has 0 amide bonds. The van der Waals surface area contributed by atoms with Gasteiger partial charge in [-0.1, -0.05) is 37.3 Å². The van der Waals surface area contributed by atoms with Gasteiger partial charge < -0.3 is 0 Å². The van der Waals surface area contributed by atoms with Crippen LogP contribution in [0.2, 0.25) is 0 Å². The molecule has 0 saturated carbocycles. The van der Waals surface area contributed by atoms with Gasteiger partial charge in [0.25, 0.3) is 0 Å². The number of allylic oxidation sites excluding steroid dienone is 2. The van der Waals surface area contributed by atoms with Crippen LogP contribution < -0.4 is 0 Å². The van der Waals surface area contributed by atoms with Crippen LogP contribution in [-0.4, -0.2) is 10.8 Å². The minimum Gasteiger partial charge on any atom is -0.294 e. The lowest BCUT2D eigenvalue weighted by Crippen LogP contribution is -1.99. The maximum atomic E-state index is 12.0. The Morgan fingerprint density at radius 2 is 2.06 bits per heavy atom. The molecule has 0 aliphatic heterocycles. The Bertz CT molecular complexity index is 552. The third kappa shape index (κ3) is 2.59. The highest BCUT2D eigenvalue weighted by Crippen LogP contribution is 2.17. The zero-order valence-corrected chi connectivity index (χ0v) is 9.89. The van der Waals surface area contributed by atoms with Crippen molar-refractivity contribution in [2.45, 2.75) is 19.8 Å². The fourth-order valence-electron chi connectivity index (χ4n) is 1.80. The fraction of sp³-hybridized carbons (Fsp3) is 0.200. The minimum atomic E-state index is 0.124. The van der Waals surface area contributed by atoms with E-state index in [0.29, 0.717) is 12.0 Å². The molecule has 0 fully saturated rings. The van der Waals surface area contributed by atoms with Crippen molar-refractivity contribution in [1.82, 2.24) is 4.98 Å². The van der Waals surface area contributed by atoms with E-state index in [0.717, 1.165) is 17.3 Å². The van der Waals surface area contributed by atoms with Gasteiger partial charge in [0, 0.05) is 23.6 Å². The quantitative estimate of drug-likeness (QED) is 0.585. The summed E-state index contributed by atoms with van der Waals surface area (Å²) in [4.78, 5) is 16.3. The molecule has 0 aliphatic carbocycles. The summed E-state index contributed by atoms with van der Waals surface area (Å²) in [5.74, 6) is 0.124. The average molecular weight is 225 g/mol. The van der Waals surface area contributed by atoms with Crippen molar-refractivity contribution in [1.29, 1.82) is 0 Å². The number of nitrogens with zero attached hydrogens (tertiary/aromatic N) is 1. The highest BCUT2D eigenvalue weighted by Gasteiger charge is 2.08. The Kier molecular flexibility index (Phi) is 3.66. The number of carbonyl (C=O) groups excluding carboxylic acids is 1. The summed E-state index contributed by atoms with van der Waals surface area (Å²) in [5, 5.41) is 1.01. The van der Waals surface area contributed by atoms with Crippen LogP contribution >= 0.6 is 0 Å². The largest absolute Gasteiger partial charge is 0.294 e. The Hall–Kier alpha value is -1.96. The number of para-hydroxylation sites is 1. The van der Waals surface area contributed by atoms with Crippen LogP contribution in [-0.2, 0) is 0 Å². The summed E-state index contributed by atoms with van der Waals surface area (Å²) < 4.78 is 0. The second-order valence-corrected chi connectivity index (χ2v) is 3.89. The van der Waals surface area contributed by atoms with Crippen molar-refractivity contribution in [3.63, 3.8) is 0 Å². The van der Waals surface area contributed by atoms with Crippen LogP contribution in [0.1, 0.15) is 30.1 Å². The predicted octanol–water partition coefficient (Wildman–Crippen LogP) is 3.77. The van der Waals surface area contributed by atoms with Gasteiger partial charge in [0.05, 0.1) is 5.52 Å². The lowest BCUT2D eigenvalue weighted by molar-refractivity contribution is 0.0997. The van der Waals surface area contributed by atoms with Crippen LogP contribution in [0, 0.1) is 0 Å². The predicted molar refractivity (Wildman–Crippen MR) is 70.1 cm³/mol. The molecule has 2 rings (SSSR count). The van der Waals surface area contributed by atoms with Crippen molar-refractivity contribution < 1.29 is 4.79 Å². The van der Waals surface area contributed by atoms with E-state index in [1.165, 1.54) is 0 Å². The number of rotatable bonds is 4. The lowest BCUT2D eigenvalue weighted by atomic mass is 10.0. The third-order valence-corrected chi connectivity index (χ3v) is 2.64. The van der Waals surface area contributed by atoms with Crippen LogP contribution in [0.25, 0.3) is 10.9 Å². The van der Waals surface area contributed by atoms with Gasteiger partial charge in [0.1, 0.15) is 0 Å². The molecule has 1 heterocycles. The summed E-state index contributed by atoms with van der Waals surface area (Å²) in [6, 6.07) is 9.58. The van der Waals surface area contributed by atoms with Crippen LogP contribution in [0.15, 0.2) is 48.7 Å². The first kappa shape index (κ1) is 11.5. The molecule has 0 atom stereocenters. The number of aromatic nitrogens is 1. The number of Topliss-reactive ketones (excluding diaryl/α,β-unsaturated/α-hetero) is 1. The molecular weight excluding hydrogens is 210 g/mol. The van der Waals surface area contributed by atoms with Gasteiger partial charge in [-0.05, 0) is 18.6 Å². The Morgan fingerprint density at radius 3 is 2.88 bits per heavy atom. The summed E-state index contributed by atoms with van der Waals surface area (Å²) in [6.07, 6.45) is 7.06. The smallest absolute Gasteiger partial charge is 0.168 e. The number of hydrogen-bond donors (Lipinski definition) is 0. The third-order valence-electron chi connectivity index (χ3n) is 2.64. The molecule has 0 radical (unpaired) electrons. The molecule has 1 aromatic carbocycles. The number of benzene rings is 1. The molecule has 17 heavy (non-hydrogen) atoms. The van der Waals surface area contributed by atoms with E-state index in [9.17, 15) is 4.79 Å². The SMILES string of the molecule is CCC=CCC(=O)c1cccc2cccnc12. The van der Waals surface area contributed by atoms with E-state index in [4.69, 9.17) is 0 Å². The first-order chi connectivity index (χ1) is 8.33. The van der Waals surface area contributed by atoms with E-state index in [1.807, 2.05) is 42.5 Å². The molecule has 0 aliphatic rings. The standard InChI is InChI=1S/C15H15NO/c1-2-3-4-10-14(17)13-9-5-7-12-8-6-11-16-15(12)13/h3-9,11H,2,10H2,1H3. The maximum Gasteiger partial charge on any atom is 0.168 e. The Labute approximate surface area is 101 Å². The molecule has 0 bridgehead atoms. The zero-order chi connectivity index (χ0) is 12.1. The second kappa shape index (κ2) is 5.39. The van der Waals surface area contributed by atoms with Gasteiger partial charge in [-0.2, -0.15) is 0 Å². The summed E-state index contributed by atoms with van der Waals surface area (Å²) in [6.45, 7) is 2.06. The van der Waals surface area contributed by atoms with Crippen molar-refractivity contribution in [3.05, 3.63) is 54.2 Å². The topological polar surface area (TPSA) is 30.0 Å². The molecule has 2 heteroatoms. The molecule has 0 saturated heterocycles. The number of hydrogen-bond acceptors (Lipinski definition) is 2. The lowest BCUT2D eigenvalue weighted by Gasteiger charge is -2.02. The Balaban J connectivity index is 2.35. The molecule has 0 N–H and O–H groups in total. The molecular formula is C15H15NO. The van der Waals surface area contributed by atoms with Crippen LogP contribution in [0.4, 0.5) is 0 Å². The van der Waals surface area contributed by atoms with E-state index >= 15 is 0 Å². The minimum absolute atomic E-state index is 0.124. The van der Waals surface area contributed by atoms with Crippen LogP contribution in [0.5, 0.6) is 0 Å². The van der Waals surface area contributed by atoms with Crippen molar-refractivity contribution in [3.8, 4) is 0 Å². The molecule has 2 nitrogen and oxygen atoms in total. The zero-order valence-electron chi connectivity index (χ0n) is 9.89. The Morgan fingerprint density at radius 1 is 1.24 bits per heavy atom. The van der Waals surface area contributed by atoms with E-state index < -0.39 is 0 Å². The highest BCUT2D eigenvalue weighted by atomic mass is 16.1. The monoisotopic (exact) mass is 225 g/mol. The second-order valence-electron chi connectivity index (χ2n) is 3.89. The van der Waals surface area contributed by atoms with Crippen LogP contribution in [0.3, 0.4) is 0 Å². The first-order valence-corrected chi connectivity index (χ1v) is 5.85. The number of fused-ring (bicyclic) bond motifs is 1. The van der Waals surface area contributed by atoms with E-state index in [1.54, 1.807) is 6.20 Å². The molecule has 1 aromatic heterocycles. The van der Waals surface area contributed by atoms with Crippen molar-refractivity contribution in [2.75, 3.05) is 0 Å². The molecule has 0 spiro atoms. The van der Waals surface area contributed by atoms with Gasteiger partial charge in [0.15, 0.2) is 5.78 Å². The molecule has 2 aromatic rings. The highest BCUT2D eigenvalue weighted by molar-refractivity contribution is 6.07.